The van der Waals surface area contributed by atoms with E-state index in [1.807, 2.05) is 49.4 Å². The van der Waals surface area contributed by atoms with Crippen LogP contribution in [0.3, 0.4) is 0 Å². The third-order valence-electron chi connectivity index (χ3n) is 4.51. The van der Waals surface area contributed by atoms with Gasteiger partial charge in [0, 0.05) is 31.0 Å². The molecule has 2 aromatic rings. The number of carbonyl (C=O) groups is 2. The summed E-state index contributed by atoms with van der Waals surface area (Å²) in [6.45, 7) is 8.59. The number of aryl methyl sites for hydroxylation is 1. The van der Waals surface area contributed by atoms with Gasteiger partial charge in [0.2, 0.25) is 11.8 Å². The highest BCUT2D eigenvalue weighted by molar-refractivity contribution is 6.03. The second-order valence-corrected chi connectivity index (χ2v) is 6.48. The van der Waals surface area contributed by atoms with E-state index >= 15 is 0 Å². The van der Waals surface area contributed by atoms with Gasteiger partial charge in [0.15, 0.2) is 0 Å². The molecule has 2 aromatic carbocycles. The fraction of sp³-hybridized carbons (Fsp3) is 0.364. The van der Waals surface area contributed by atoms with E-state index in [4.69, 9.17) is 0 Å². The summed E-state index contributed by atoms with van der Waals surface area (Å²) in [7, 11) is 0. The molecule has 0 spiro atoms. The van der Waals surface area contributed by atoms with Gasteiger partial charge in [-0.2, -0.15) is 0 Å². The van der Waals surface area contributed by atoms with Crippen molar-refractivity contribution in [3.8, 4) is 0 Å². The number of benzene rings is 2. The summed E-state index contributed by atoms with van der Waals surface area (Å²) < 4.78 is 0. The van der Waals surface area contributed by atoms with Gasteiger partial charge < -0.3 is 15.5 Å². The first kappa shape index (κ1) is 20.5. The number of hydrogen-bond acceptors (Lipinski definition) is 3. The van der Waals surface area contributed by atoms with Crippen LogP contribution in [0.1, 0.15) is 31.4 Å². The summed E-state index contributed by atoms with van der Waals surface area (Å²) in [5.41, 5.74) is 4.02. The molecule has 5 heteroatoms. The molecule has 0 aliphatic rings. The van der Waals surface area contributed by atoms with Crippen LogP contribution in [0, 0.1) is 6.92 Å². The molecule has 0 aliphatic heterocycles. The molecule has 2 N–H and O–H groups in total. The first-order chi connectivity index (χ1) is 13.0. The lowest BCUT2D eigenvalue weighted by molar-refractivity contribution is -0.126. The minimum Gasteiger partial charge on any atom is -0.372 e. The summed E-state index contributed by atoms with van der Waals surface area (Å²) in [6, 6.07) is 15.9. The molecule has 0 saturated carbocycles. The third kappa shape index (κ3) is 6.44. The van der Waals surface area contributed by atoms with Gasteiger partial charge in [0.1, 0.15) is 6.42 Å². The molecular formula is C22H29N3O2. The second kappa shape index (κ2) is 10.4. The van der Waals surface area contributed by atoms with Crippen LogP contribution in [-0.2, 0) is 16.0 Å². The van der Waals surface area contributed by atoms with Crippen LogP contribution in [0.25, 0.3) is 0 Å². The Morgan fingerprint density at radius 1 is 0.963 bits per heavy atom. The van der Waals surface area contributed by atoms with Crippen molar-refractivity contribution < 1.29 is 9.59 Å². The maximum Gasteiger partial charge on any atom is 0.233 e. The van der Waals surface area contributed by atoms with Crippen molar-refractivity contribution in [1.82, 2.24) is 5.32 Å². The monoisotopic (exact) mass is 367 g/mol. The topological polar surface area (TPSA) is 61.4 Å². The van der Waals surface area contributed by atoms with E-state index < -0.39 is 0 Å². The van der Waals surface area contributed by atoms with Crippen molar-refractivity contribution in [3.05, 3.63) is 59.7 Å². The lowest BCUT2D eigenvalue weighted by Gasteiger charge is -2.22. The normalized spacial score (nSPS) is 10.3. The number of nitrogens with zero attached hydrogens (tertiary/aromatic N) is 1. The smallest absolute Gasteiger partial charge is 0.233 e. The zero-order valence-corrected chi connectivity index (χ0v) is 16.4. The number of hydrogen-bond donors (Lipinski definition) is 2. The SMILES string of the molecule is CCN(CC)c1ccc(NC(=O)CC(=O)NCCc2ccccc2)c(C)c1. The van der Waals surface area contributed by atoms with Crippen LogP contribution in [-0.4, -0.2) is 31.4 Å². The first-order valence-electron chi connectivity index (χ1n) is 9.49. The summed E-state index contributed by atoms with van der Waals surface area (Å²) in [5, 5.41) is 5.63. The number of nitrogens with one attached hydrogen (secondary N) is 2. The highest BCUT2D eigenvalue weighted by atomic mass is 16.2. The van der Waals surface area contributed by atoms with Gasteiger partial charge in [0.25, 0.3) is 0 Å². The van der Waals surface area contributed by atoms with Gasteiger partial charge in [0.05, 0.1) is 0 Å². The summed E-state index contributed by atoms with van der Waals surface area (Å²) >= 11 is 0. The Bertz CT molecular complexity index is 755. The van der Waals surface area contributed by atoms with Gasteiger partial charge in [-0.05, 0) is 56.5 Å². The molecule has 0 bridgehead atoms. The van der Waals surface area contributed by atoms with E-state index in [-0.39, 0.29) is 18.2 Å². The molecule has 2 rings (SSSR count). The van der Waals surface area contributed by atoms with Crippen molar-refractivity contribution in [2.24, 2.45) is 0 Å². The van der Waals surface area contributed by atoms with Crippen molar-refractivity contribution in [2.45, 2.75) is 33.6 Å². The Morgan fingerprint density at radius 3 is 2.30 bits per heavy atom. The highest BCUT2D eigenvalue weighted by Gasteiger charge is 2.11. The summed E-state index contributed by atoms with van der Waals surface area (Å²) in [6.07, 6.45) is 0.576. The predicted molar refractivity (Wildman–Crippen MR) is 111 cm³/mol. The molecule has 144 valence electrons. The Morgan fingerprint density at radius 2 is 1.67 bits per heavy atom. The number of carbonyl (C=O) groups excluding carboxylic acids is 2. The van der Waals surface area contributed by atoms with Gasteiger partial charge >= 0.3 is 0 Å². The molecule has 0 unspecified atom stereocenters. The summed E-state index contributed by atoms with van der Waals surface area (Å²) in [5.74, 6) is -0.563. The fourth-order valence-corrected chi connectivity index (χ4v) is 2.97. The van der Waals surface area contributed by atoms with Gasteiger partial charge in [-0.15, -0.1) is 0 Å². The summed E-state index contributed by atoms with van der Waals surface area (Å²) in [4.78, 5) is 26.4. The van der Waals surface area contributed by atoms with Crippen LogP contribution in [0.5, 0.6) is 0 Å². The molecule has 2 amide bonds. The maximum atomic E-state index is 12.2. The Balaban J connectivity index is 1.81. The van der Waals surface area contributed by atoms with Crippen LogP contribution in [0.4, 0.5) is 11.4 Å². The lowest BCUT2D eigenvalue weighted by atomic mass is 10.1. The van der Waals surface area contributed by atoms with Crippen molar-refractivity contribution >= 4 is 23.2 Å². The Hall–Kier alpha value is -2.82. The van der Waals surface area contributed by atoms with Gasteiger partial charge in [-0.25, -0.2) is 0 Å². The van der Waals surface area contributed by atoms with Crippen LogP contribution >= 0.6 is 0 Å². The Labute approximate surface area is 161 Å². The van der Waals surface area contributed by atoms with Crippen molar-refractivity contribution in [3.63, 3.8) is 0 Å². The largest absolute Gasteiger partial charge is 0.372 e. The molecule has 0 saturated heterocycles. The molecule has 0 radical (unpaired) electrons. The van der Waals surface area contributed by atoms with Crippen molar-refractivity contribution in [1.29, 1.82) is 0 Å². The van der Waals surface area contributed by atoms with Crippen LogP contribution < -0.4 is 15.5 Å². The molecule has 0 aromatic heterocycles. The standard InChI is InChI=1S/C22H29N3O2/c1-4-25(5-2)19-11-12-20(17(3)15-19)24-22(27)16-21(26)23-14-13-18-9-7-6-8-10-18/h6-12,15H,4-5,13-14,16H2,1-3H3,(H,23,26)(H,24,27). The van der Waals surface area contributed by atoms with Gasteiger partial charge in [-0.1, -0.05) is 30.3 Å². The third-order valence-corrected chi connectivity index (χ3v) is 4.51. The zero-order chi connectivity index (χ0) is 19.6. The van der Waals surface area contributed by atoms with E-state index in [2.05, 4.69) is 35.4 Å². The van der Waals surface area contributed by atoms with E-state index in [9.17, 15) is 9.59 Å². The first-order valence-corrected chi connectivity index (χ1v) is 9.49. The maximum absolute atomic E-state index is 12.2. The minimum atomic E-state index is -0.300. The number of amides is 2. The number of rotatable bonds is 9. The van der Waals surface area contributed by atoms with E-state index in [1.54, 1.807) is 0 Å². The highest BCUT2D eigenvalue weighted by Crippen LogP contribution is 2.22. The molecule has 27 heavy (non-hydrogen) atoms. The quantitative estimate of drug-likeness (QED) is 0.667. The van der Waals surface area contributed by atoms with Crippen molar-refractivity contribution in [2.75, 3.05) is 29.9 Å². The molecule has 0 heterocycles. The Kier molecular flexibility index (Phi) is 7.86. The number of anilines is 2. The van der Waals surface area contributed by atoms with Gasteiger partial charge in [-0.3, -0.25) is 9.59 Å². The minimum absolute atomic E-state index is 0.175. The zero-order valence-electron chi connectivity index (χ0n) is 16.4. The molecule has 0 atom stereocenters. The lowest BCUT2D eigenvalue weighted by Crippen LogP contribution is -2.29. The molecular weight excluding hydrogens is 338 g/mol. The fourth-order valence-electron chi connectivity index (χ4n) is 2.97. The molecule has 0 aliphatic carbocycles. The van der Waals surface area contributed by atoms with E-state index in [1.165, 1.54) is 0 Å². The average Bonchev–Trinajstić information content (AvgIpc) is 2.65. The van der Waals surface area contributed by atoms with E-state index in [0.29, 0.717) is 6.54 Å². The average molecular weight is 367 g/mol. The second-order valence-electron chi connectivity index (χ2n) is 6.48. The van der Waals surface area contributed by atoms with Crippen LogP contribution in [0.15, 0.2) is 48.5 Å². The van der Waals surface area contributed by atoms with Crippen LogP contribution in [0.2, 0.25) is 0 Å². The molecule has 0 fully saturated rings. The molecule has 5 nitrogen and oxygen atoms in total. The van der Waals surface area contributed by atoms with E-state index in [0.717, 1.165) is 42.0 Å². The predicted octanol–water partition coefficient (Wildman–Crippen LogP) is 3.53.